The number of aromatic nitrogens is 4. The van der Waals surface area contributed by atoms with Crippen LogP contribution >= 0.6 is 11.6 Å². The third-order valence-electron chi connectivity index (χ3n) is 2.59. The Morgan fingerprint density at radius 2 is 2.06 bits per heavy atom. The molecule has 3 aromatic rings. The van der Waals surface area contributed by atoms with Gasteiger partial charge in [-0.2, -0.15) is 0 Å². The first-order valence-corrected chi connectivity index (χ1v) is 5.59. The molecule has 0 spiro atoms. The fraction of sp³-hybridized carbons (Fsp3) is 0.0833. The minimum Gasteiger partial charge on any atom is -0.262 e. The average molecular weight is 245 g/mol. The van der Waals surface area contributed by atoms with Gasteiger partial charge < -0.3 is 0 Å². The Morgan fingerprint density at radius 1 is 1.18 bits per heavy atom. The van der Waals surface area contributed by atoms with Gasteiger partial charge in [0.25, 0.3) is 0 Å². The topological polar surface area (TPSA) is 43.6 Å². The summed E-state index contributed by atoms with van der Waals surface area (Å²) in [5.41, 5.74) is 2.78. The van der Waals surface area contributed by atoms with E-state index in [1.165, 1.54) is 0 Å². The van der Waals surface area contributed by atoms with Crippen LogP contribution < -0.4 is 0 Å². The van der Waals surface area contributed by atoms with E-state index in [1.54, 1.807) is 12.4 Å². The maximum atomic E-state index is 6.12. The minimum absolute atomic E-state index is 0.611. The van der Waals surface area contributed by atoms with Crippen LogP contribution in [0, 0.1) is 0 Å². The predicted molar refractivity (Wildman–Crippen MR) is 65.9 cm³/mol. The van der Waals surface area contributed by atoms with Crippen molar-refractivity contribution in [3.8, 4) is 0 Å². The van der Waals surface area contributed by atoms with Gasteiger partial charge in [-0.05, 0) is 17.7 Å². The van der Waals surface area contributed by atoms with Gasteiger partial charge >= 0.3 is 0 Å². The van der Waals surface area contributed by atoms with Crippen LogP contribution in [0.3, 0.4) is 0 Å². The van der Waals surface area contributed by atoms with Crippen molar-refractivity contribution in [2.45, 2.75) is 6.54 Å². The van der Waals surface area contributed by atoms with Crippen LogP contribution in [0.15, 0.2) is 42.7 Å². The first kappa shape index (κ1) is 10.2. The minimum atomic E-state index is 0.611. The molecule has 0 amide bonds. The lowest BCUT2D eigenvalue weighted by molar-refractivity contribution is 0.670. The zero-order chi connectivity index (χ0) is 11.7. The van der Waals surface area contributed by atoms with E-state index in [2.05, 4.69) is 15.3 Å². The maximum Gasteiger partial charge on any atom is 0.131 e. The lowest BCUT2D eigenvalue weighted by Gasteiger charge is -2.04. The van der Waals surface area contributed by atoms with Crippen LogP contribution in [0.1, 0.15) is 5.56 Å². The number of halogens is 1. The predicted octanol–water partition coefficient (Wildman–Crippen LogP) is 2.53. The van der Waals surface area contributed by atoms with E-state index < -0.39 is 0 Å². The molecule has 4 nitrogen and oxygen atoms in total. The van der Waals surface area contributed by atoms with E-state index in [0.29, 0.717) is 6.54 Å². The number of benzene rings is 1. The fourth-order valence-corrected chi connectivity index (χ4v) is 1.92. The highest BCUT2D eigenvalue weighted by molar-refractivity contribution is 6.31. The molecule has 0 saturated carbocycles. The van der Waals surface area contributed by atoms with Crippen molar-refractivity contribution in [3.05, 3.63) is 53.3 Å². The Labute approximate surface area is 103 Å². The Hall–Kier alpha value is -1.94. The summed E-state index contributed by atoms with van der Waals surface area (Å²) in [7, 11) is 0. The van der Waals surface area contributed by atoms with Crippen molar-refractivity contribution in [1.82, 2.24) is 20.0 Å². The van der Waals surface area contributed by atoms with Crippen LogP contribution in [-0.2, 0) is 6.54 Å². The zero-order valence-corrected chi connectivity index (χ0v) is 9.67. The molecule has 0 radical (unpaired) electrons. The first-order valence-electron chi connectivity index (χ1n) is 5.21. The first-order chi connectivity index (χ1) is 8.34. The third kappa shape index (κ3) is 1.87. The lowest BCUT2D eigenvalue weighted by atomic mass is 10.2. The van der Waals surface area contributed by atoms with E-state index >= 15 is 0 Å². The standard InChI is InChI=1S/C12H9ClN4/c13-10-4-2-1-3-9(10)8-17-12-5-6-14-7-11(12)15-16-17/h1-7H,8H2. The van der Waals surface area contributed by atoms with Gasteiger partial charge in [0.2, 0.25) is 0 Å². The van der Waals surface area contributed by atoms with Crippen molar-refractivity contribution in [2.75, 3.05) is 0 Å². The Bertz CT molecular complexity index is 662. The number of fused-ring (bicyclic) bond motifs is 1. The Balaban J connectivity index is 2.03. The molecular formula is C12H9ClN4. The average Bonchev–Trinajstić information content (AvgIpc) is 2.76. The van der Waals surface area contributed by atoms with Gasteiger partial charge in [0.1, 0.15) is 5.52 Å². The lowest BCUT2D eigenvalue weighted by Crippen LogP contribution is -2.02. The van der Waals surface area contributed by atoms with Crippen LogP contribution in [0.5, 0.6) is 0 Å². The molecule has 0 unspecified atom stereocenters. The molecule has 3 rings (SSSR count). The summed E-state index contributed by atoms with van der Waals surface area (Å²) in [5.74, 6) is 0. The number of nitrogens with zero attached hydrogens (tertiary/aromatic N) is 4. The number of hydrogen-bond acceptors (Lipinski definition) is 3. The van der Waals surface area contributed by atoms with Gasteiger partial charge in [-0.25, -0.2) is 4.68 Å². The largest absolute Gasteiger partial charge is 0.262 e. The Morgan fingerprint density at radius 3 is 2.94 bits per heavy atom. The summed E-state index contributed by atoms with van der Waals surface area (Å²) in [4.78, 5) is 4.01. The maximum absolute atomic E-state index is 6.12. The number of pyridine rings is 1. The highest BCUT2D eigenvalue weighted by Crippen LogP contribution is 2.17. The quantitative estimate of drug-likeness (QED) is 0.696. The molecule has 0 saturated heterocycles. The van der Waals surface area contributed by atoms with Crippen LogP contribution in [0.25, 0.3) is 11.0 Å². The van der Waals surface area contributed by atoms with Gasteiger partial charge in [0.15, 0.2) is 0 Å². The summed E-state index contributed by atoms with van der Waals surface area (Å²) >= 11 is 6.12. The van der Waals surface area contributed by atoms with E-state index in [4.69, 9.17) is 11.6 Å². The molecule has 0 aliphatic heterocycles. The summed E-state index contributed by atoms with van der Waals surface area (Å²) in [5, 5.41) is 8.89. The third-order valence-corrected chi connectivity index (χ3v) is 2.96. The molecule has 5 heteroatoms. The van der Waals surface area contributed by atoms with Gasteiger partial charge in [0.05, 0.1) is 18.3 Å². The zero-order valence-electron chi connectivity index (χ0n) is 8.92. The van der Waals surface area contributed by atoms with Crippen LogP contribution in [0.4, 0.5) is 0 Å². The highest BCUT2D eigenvalue weighted by atomic mass is 35.5. The summed E-state index contributed by atoms with van der Waals surface area (Å²) in [6.45, 7) is 0.611. The van der Waals surface area contributed by atoms with E-state index in [9.17, 15) is 0 Å². The van der Waals surface area contributed by atoms with Gasteiger partial charge in [-0.1, -0.05) is 35.0 Å². The molecule has 0 bridgehead atoms. The van der Waals surface area contributed by atoms with E-state index in [0.717, 1.165) is 21.6 Å². The molecular weight excluding hydrogens is 236 g/mol. The monoisotopic (exact) mass is 244 g/mol. The summed E-state index contributed by atoms with van der Waals surface area (Å²) in [6, 6.07) is 9.62. The molecule has 0 fully saturated rings. The SMILES string of the molecule is Clc1ccccc1Cn1nnc2cnccc21. The number of rotatable bonds is 2. The van der Waals surface area contributed by atoms with Gasteiger partial charge in [-0.15, -0.1) is 5.10 Å². The van der Waals surface area contributed by atoms with Crippen LogP contribution in [0.2, 0.25) is 5.02 Å². The van der Waals surface area contributed by atoms with E-state index in [-0.39, 0.29) is 0 Å². The number of hydrogen-bond donors (Lipinski definition) is 0. The van der Waals surface area contributed by atoms with Crippen molar-refractivity contribution in [3.63, 3.8) is 0 Å². The molecule has 0 atom stereocenters. The Kier molecular flexibility index (Phi) is 2.49. The summed E-state index contributed by atoms with van der Waals surface area (Å²) in [6.07, 6.45) is 3.43. The van der Waals surface area contributed by atoms with Gasteiger partial charge in [-0.3, -0.25) is 4.98 Å². The molecule has 2 aromatic heterocycles. The second-order valence-electron chi connectivity index (χ2n) is 3.70. The van der Waals surface area contributed by atoms with Crippen LogP contribution in [-0.4, -0.2) is 20.0 Å². The smallest absolute Gasteiger partial charge is 0.131 e. The second-order valence-corrected chi connectivity index (χ2v) is 4.11. The van der Waals surface area contributed by atoms with E-state index in [1.807, 2.05) is 35.0 Å². The van der Waals surface area contributed by atoms with Crippen molar-refractivity contribution >= 4 is 22.6 Å². The second kappa shape index (κ2) is 4.14. The van der Waals surface area contributed by atoms with Crippen molar-refractivity contribution in [2.24, 2.45) is 0 Å². The molecule has 84 valence electrons. The molecule has 2 heterocycles. The van der Waals surface area contributed by atoms with Crippen molar-refractivity contribution < 1.29 is 0 Å². The van der Waals surface area contributed by atoms with Gasteiger partial charge in [0, 0.05) is 11.2 Å². The molecule has 0 N–H and O–H groups in total. The summed E-state index contributed by atoms with van der Waals surface area (Å²) < 4.78 is 1.82. The molecule has 17 heavy (non-hydrogen) atoms. The highest BCUT2D eigenvalue weighted by Gasteiger charge is 2.06. The molecule has 0 aliphatic carbocycles. The fourth-order valence-electron chi connectivity index (χ4n) is 1.73. The van der Waals surface area contributed by atoms with Crippen molar-refractivity contribution in [1.29, 1.82) is 0 Å². The normalized spacial score (nSPS) is 10.9. The molecule has 0 aliphatic rings. The molecule has 1 aromatic carbocycles.